The van der Waals surface area contributed by atoms with Gasteiger partial charge in [0.15, 0.2) is 0 Å². The molecule has 1 atom stereocenters. The molecule has 0 radical (unpaired) electrons. The number of hydrogen-bond acceptors (Lipinski definition) is 3. The lowest BCUT2D eigenvalue weighted by Crippen LogP contribution is -2.45. The number of amides is 1. The first-order valence-corrected chi connectivity index (χ1v) is 5.79. The van der Waals surface area contributed by atoms with Gasteiger partial charge in [-0.1, -0.05) is 20.8 Å². The number of carbonyl (C=O) groups excluding carboxylic acids is 1. The molecule has 1 unspecified atom stereocenters. The highest BCUT2D eigenvalue weighted by Crippen LogP contribution is 2.21. The minimum Gasteiger partial charge on any atom is -0.396 e. The van der Waals surface area contributed by atoms with Crippen LogP contribution in [0.25, 0.3) is 0 Å². The maximum Gasteiger partial charge on any atom is 0.246 e. The van der Waals surface area contributed by atoms with Gasteiger partial charge in [-0.15, -0.1) is 0 Å². The fraction of sp³-hybridized carbons (Fsp3) is 0.917. The van der Waals surface area contributed by atoms with Gasteiger partial charge in [-0.25, -0.2) is 0 Å². The van der Waals surface area contributed by atoms with E-state index in [1.165, 1.54) is 0 Å². The van der Waals surface area contributed by atoms with Gasteiger partial charge >= 0.3 is 0 Å². The molecule has 4 heteroatoms. The fourth-order valence-corrected chi connectivity index (χ4v) is 1.33. The van der Waals surface area contributed by atoms with E-state index in [-0.39, 0.29) is 36.7 Å². The molecule has 2 N–H and O–H groups in total. The minimum absolute atomic E-state index is 0.0271. The predicted molar refractivity (Wildman–Crippen MR) is 64.2 cm³/mol. The minimum atomic E-state index is -0.123. The molecular weight excluding hydrogens is 206 g/mol. The van der Waals surface area contributed by atoms with Gasteiger partial charge < -0.3 is 15.2 Å². The van der Waals surface area contributed by atoms with E-state index in [2.05, 4.69) is 5.32 Å². The average molecular weight is 231 g/mol. The first-order valence-electron chi connectivity index (χ1n) is 5.79. The van der Waals surface area contributed by atoms with Crippen molar-refractivity contribution in [3.8, 4) is 0 Å². The molecule has 0 aliphatic heterocycles. The van der Waals surface area contributed by atoms with Crippen molar-refractivity contribution in [3.63, 3.8) is 0 Å². The Balaban J connectivity index is 4.14. The highest BCUT2D eigenvalue weighted by molar-refractivity contribution is 5.77. The summed E-state index contributed by atoms with van der Waals surface area (Å²) in [6.45, 7) is 10.1. The van der Waals surface area contributed by atoms with Crippen LogP contribution < -0.4 is 5.32 Å². The lowest BCUT2D eigenvalue weighted by Gasteiger charge is -2.31. The Kier molecular flexibility index (Phi) is 6.60. The van der Waals surface area contributed by atoms with Crippen molar-refractivity contribution in [1.29, 1.82) is 0 Å². The van der Waals surface area contributed by atoms with Crippen LogP contribution in [0.5, 0.6) is 0 Å². The zero-order chi connectivity index (χ0) is 12.8. The smallest absolute Gasteiger partial charge is 0.246 e. The van der Waals surface area contributed by atoms with E-state index < -0.39 is 0 Å². The zero-order valence-corrected chi connectivity index (χ0v) is 11.0. The molecule has 0 aliphatic carbocycles. The zero-order valence-electron chi connectivity index (χ0n) is 11.0. The number of carbonyl (C=O) groups is 1. The molecule has 4 nitrogen and oxygen atoms in total. The quantitative estimate of drug-likeness (QED) is 0.725. The molecule has 0 heterocycles. The molecule has 96 valence electrons. The Morgan fingerprint density at radius 2 is 1.94 bits per heavy atom. The third kappa shape index (κ3) is 6.80. The number of hydrogen-bond donors (Lipinski definition) is 2. The molecule has 0 fully saturated rings. The summed E-state index contributed by atoms with van der Waals surface area (Å²) in [6, 6.07) is -0.0271. The van der Waals surface area contributed by atoms with Crippen LogP contribution in [0.2, 0.25) is 0 Å². The largest absolute Gasteiger partial charge is 0.396 e. The van der Waals surface area contributed by atoms with Crippen LogP contribution in [0.3, 0.4) is 0 Å². The van der Waals surface area contributed by atoms with E-state index in [1.54, 1.807) is 0 Å². The third-order valence-corrected chi connectivity index (χ3v) is 2.35. The SMILES string of the molecule is CC(C)OCC(=O)NC(CCO)C(C)(C)C. The Hall–Kier alpha value is -0.610. The molecule has 0 aromatic heterocycles. The van der Waals surface area contributed by atoms with Gasteiger partial charge in [-0.05, 0) is 25.7 Å². The van der Waals surface area contributed by atoms with Crippen LogP contribution in [0, 0.1) is 5.41 Å². The van der Waals surface area contributed by atoms with E-state index in [0.29, 0.717) is 6.42 Å². The average Bonchev–Trinajstić information content (AvgIpc) is 2.12. The van der Waals surface area contributed by atoms with Crippen LogP contribution in [0.1, 0.15) is 41.0 Å². The summed E-state index contributed by atoms with van der Waals surface area (Å²) in [6.07, 6.45) is 0.619. The number of aliphatic hydroxyl groups excluding tert-OH is 1. The number of aliphatic hydroxyl groups is 1. The standard InChI is InChI=1S/C12H25NO3/c1-9(2)16-8-11(15)13-10(6-7-14)12(3,4)5/h9-10,14H,6-8H2,1-5H3,(H,13,15). The van der Waals surface area contributed by atoms with Crippen LogP contribution in [-0.4, -0.2) is 36.4 Å². The third-order valence-electron chi connectivity index (χ3n) is 2.35. The molecule has 0 aromatic carbocycles. The van der Waals surface area contributed by atoms with Crippen LogP contribution in [-0.2, 0) is 9.53 Å². The summed E-state index contributed by atoms with van der Waals surface area (Å²) in [5.41, 5.74) is -0.0593. The Morgan fingerprint density at radius 3 is 2.31 bits per heavy atom. The molecule has 1 amide bonds. The molecule has 0 bridgehead atoms. The molecular formula is C12H25NO3. The van der Waals surface area contributed by atoms with Crippen molar-refractivity contribution in [2.24, 2.45) is 5.41 Å². The summed E-state index contributed by atoms with van der Waals surface area (Å²) in [5.74, 6) is -0.123. The summed E-state index contributed by atoms with van der Waals surface area (Å²) < 4.78 is 5.22. The van der Waals surface area contributed by atoms with Crippen molar-refractivity contribution in [3.05, 3.63) is 0 Å². The Bertz CT molecular complexity index is 209. The first kappa shape index (κ1) is 15.4. The maximum absolute atomic E-state index is 11.6. The monoisotopic (exact) mass is 231 g/mol. The van der Waals surface area contributed by atoms with Gasteiger partial charge in [-0.2, -0.15) is 0 Å². The molecule has 16 heavy (non-hydrogen) atoms. The maximum atomic E-state index is 11.6. The lowest BCUT2D eigenvalue weighted by atomic mass is 9.85. The van der Waals surface area contributed by atoms with Gasteiger partial charge in [0.2, 0.25) is 5.91 Å². The van der Waals surface area contributed by atoms with E-state index in [4.69, 9.17) is 9.84 Å². The highest BCUT2D eigenvalue weighted by Gasteiger charge is 2.25. The van der Waals surface area contributed by atoms with Crippen molar-refractivity contribution >= 4 is 5.91 Å². The van der Waals surface area contributed by atoms with Crippen LogP contribution >= 0.6 is 0 Å². The number of rotatable bonds is 6. The van der Waals surface area contributed by atoms with Crippen LogP contribution in [0.15, 0.2) is 0 Å². The molecule has 0 rings (SSSR count). The van der Waals surface area contributed by atoms with Gasteiger partial charge in [0.25, 0.3) is 0 Å². The van der Waals surface area contributed by atoms with Crippen molar-refractivity contribution in [2.45, 2.75) is 53.2 Å². The lowest BCUT2D eigenvalue weighted by molar-refractivity contribution is -0.128. The predicted octanol–water partition coefficient (Wildman–Crippen LogP) is 1.32. The first-order chi connectivity index (χ1) is 7.27. The second-order valence-corrected chi connectivity index (χ2v) is 5.36. The second kappa shape index (κ2) is 6.86. The normalized spacial score (nSPS) is 13.9. The van der Waals surface area contributed by atoms with Crippen molar-refractivity contribution in [1.82, 2.24) is 5.32 Å². The topological polar surface area (TPSA) is 58.6 Å². The van der Waals surface area contributed by atoms with Gasteiger partial charge in [0, 0.05) is 12.6 Å². The van der Waals surface area contributed by atoms with Crippen LogP contribution in [0.4, 0.5) is 0 Å². The van der Waals surface area contributed by atoms with Crippen molar-refractivity contribution < 1.29 is 14.6 Å². The van der Waals surface area contributed by atoms with E-state index >= 15 is 0 Å². The molecule has 0 saturated carbocycles. The van der Waals surface area contributed by atoms with Gasteiger partial charge in [-0.3, -0.25) is 4.79 Å². The van der Waals surface area contributed by atoms with Gasteiger partial charge in [0.05, 0.1) is 6.10 Å². The molecule has 0 aromatic rings. The van der Waals surface area contributed by atoms with E-state index in [1.807, 2.05) is 34.6 Å². The molecule has 0 aliphatic rings. The highest BCUT2D eigenvalue weighted by atomic mass is 16.5. The second-order valence-electron chi connectivity index (χ2n) is 5.36. The Labute approximate surface area is 98.4 Å². The number of ether oxygens (including phenoxy) is 1. The fourth-order valence-electron chi connectivity index (χ4n) is 1.33. The summed E-state index contributed by atoms with van der Waals surface area (Å²) in [5, 5.41) is 11.8. The number of nitrogens with one attached hydrogen (secondary N) is 1. The van der Waals surface area contributed by atoms with E-state index in [0.717, 1.165) is 0 Å². The molecule has 0 spiro atoms. The summed E-state index contributed by atoms with van der Waals surface area (Å²) in [4.78, 5) is 11.6. The van der Waals surface area contributed by atoms with E-state index in [9.17, 15) is 4.79 Å². The van der Waals surface area contributed by atoms with Gasteiger partial charge in [0.1, 0.15) is 6.61 Å². The molecule has 0 saturated heterocycles. The Morgan fingerprint density at radius 1 is 1.38 bits per heavy atom. The summed E-state index contributed by atoms with van der Waals surface area (Å²) in [7, 11) is 0. The summed E-state index contributed by atoms with van der Waals surface area (Å²) >= 11 is 0. The van der Waals surface area contributed by atoms with Crippen molar-refractivity contribution in [2.75, 3.05) is 13.2 Å².